The summed E-state index contributed by atoms with van der Waals surface area (Å²) in [5.41, 5.74) is 0.994. The number of carbonyl (C=O) groups is 3. The molecular formula is C27H29NO4S. The molecule has 0 radical (unpaired) electrons. The van der Waals surface area contributed by atoms with Crippen molar-refractivity contribution >= 4 is 29.4 Å². The minimum Gasteiger partial charge on any atom is -0.423 e. The molecule has 4 aliphatic carbocycles. The summed E-state index contributed by atoms with van der Waals surface area (Å²) in [6.07, 6.45) is 7.41. The van der Waals surface area contributed by atoms with Crippen molar-refractivity contribution in [3.05, 3.63) is 59.7 Å². The van der Waals surface area contributed by atoms with Crippen LogP contribution < -0.4 is 10.1 Å². The molecule has 0 heterocycles. The maximum absolute atomic E-state index is 12.9. The number of benzene rings is 2. The van der Waals surface area contributed by atoms with Crippen LogP contribution in [0.15, 0.2) is 53.4 Å². The van der Waals surface area contributed by atoms with Gasteiger partial charge >= 0.3 is 5.97 Å². The van der Waals surface area contributed by atoms with Crippen LogP contribution >= 0.6 is 11.8 Å². The smallest absolute Gasteiger partial charge is 0.344 e. The van der Waals surface area contributed by atoms with Crippen LogP contribution in [0.3, 0.4) is 0 Å². The van der Waals surface area contributed by atoms with Crippen molar-refractivity contribution in [3.8, 4) is 5.75 Å². The Morgan fingerprint density at radius 3 is 2.15 bits per heavy atom. The summed E-state index contributed by atoms with van der Waals surface area (Å²) in [4.78, 5) is 37.8. The molecule has 0 spiro atoms. The fraction of sp³-hybridized carbons (Fsp3) is 0.444. The lowest BCUT2D eigenvalue weighted by Crippen LogP contribution is -2.60. The van der Waals surface area contributed by atoms with Crippen molar-refractivity contribution in [2.24, 2.45) is 17.8 Å². The summed E-state index contributed by atoms with van der Waals surface area (Å²) >= 11 is 1.37. The van der Waals surface area contributed by atoms with E-state index in [0.717, 1.165) is 41.9 Å². The van der Waals surface area contributed by atoms with Crippen LogP contribution in [-0.2, 0) is 4.79 Å². The number of hydrogen-bond donors (Lipinski definition) is 1. The third-order valence-corrected chi connectivity index (χ3v) is 8.45. The first-order valence-corrected chi connectivity index (χ1v) is 12.7. The van der Waals surface area contributed by atoms with Gasteiger partial charge in [0.05, 0.1) is 11.3 Å². The highest BCUT2D eigenvalue weighted by molar-refractivity contribution is 8.00. The molecule has 4 bridgehead atoms. The van der Waals surface area contributed by atoms with Gasteiger partial charge in [0, 0.05) is 16.0 Å². The van der Waals surface area contributed by atoms with E-state index in [1.165, 1.54) is 37.9 Å². The predicted octanol–water partition coefficient (Wildman–Crippen LogP) is 5.29. The molecular weight excluding hydrogens is 434 g/mol. The summed E-state index contributed by atoms with van der Waals surface area (Å²) in [6.45, 7) is 1.49. The molecule has 2 aromatic rings. The van der Waals surface area contributed by atoms with E-state index in [2.05, 4.69) is 5.32 Å². The van der Waals surface area contributed by atoms with Crippen molar-refractivity contribution < 1.29 is 19.1 Å². The second-order valence-electron chi connectivity index (χ2n) is 10.0. The third-order valence-electron chi connectivity index (χ3n) is 7.38. The molecule has 0 unspecified atom stereocenters. The van der Waals surface area contributed by atoms with E-state index in [-0.39, 0.29) is 23.0 Å². The van der Waals surface area contributed by atoms with Crippen LogP contribution in [-0.4, -0.2) is 29.0 Å². The minimum absolute atomic E-state index is 0.00310. The summed E-state index contributed by atoms with van der Waals surface area (Å²) in [6, 6.07) is 13.7. The fourth-order valence-electron chi connectivity index (χ4n) is 6.42. The number of esters is 1. The van der Waals surface area contributed by atoms with Gasteiger partial charge in [-0.25, -0.2) is 4.79 Å². The summed E-state index contributed by atoms with van der Waals surface area (Å²) in [5.74, 6) is 2.53. The number of thioether (sulfide) groups is 1. The molecule has 172 valence electrons. The zero-order valence-electron chi connectivity index (χ0n) is 18.8. The largest absolute Gasteiger partial charge is 0.423 e. The third kappa shape index (κ3) is 4.86. The summed E-state index contributed by atoms with van der Waals surface area (Å²) in [7, 11) is 0. The van der Waals surface area contributed by atoms with Gasteiger partial charge in [-0.3, -0.25) is 9.59 Å². The summed E-state index contributed by atoms with van der Waals surface area (Å²) in [5, 5.41) is 3.39. The second-order valence-corrected chi connectivity index (χ2v) is 11.0. The number of hydrogen-bond acceptors (Lipinski definition) is 5. The SMILES string of the molecule is CC(=O)c1ccc(OC(=O)c2ccccc2SCC(=O)NC23CC4CC(CC(C4)C2)C3)cc1. The molecule has 4 fully saturated rings. The highest BCUT2D eigenvalue weighted by Gasteiger charge is 2.51. The molecule has 0 aliphatic heterocycles. The van der Waals surface area contributed by atoms with E-state index in [0.29, 0.717) is 16.9 Å². The molecule has 5 nitrogen and oxygen atoms in total. The molecule has 0 saturated heterocycles. The molecule has 4 saturated carbocycles. The first-order valence-electron chi connectivity index (χ1n) is 11.8. The summed E-state index contributed by atoms with van der Waals surface area (Å²) < 4.78 is 5.51. The average Bonchev–Trinajstić information content (AvgIpc) is 2.77. The number of ether oxygens (including phenoxy) is 1. The standard InChI is InChI=1S/C27H29NO4S/c1-17(29)21-6-8-22(9-7-21)32-26(31)23-4-2-3-5-24(23)33-16-25(30)28-27-13-18-10-19(14-27)12-20(11-18)15-27/h2-9,18-20H,10-16H2,1H3,(H,28,30). The van der Waals surface area contributed by atoms with Crippen molar-refractivity contribution in [1.82, 2.24) is 5.32 Å². The average molecular weight is 464 g/mol. The minimum atomic E-state index is -0.477. The predicted molar refractivity (Wildman–Crippen MR) is 128 cm³/mol. The Morgan fingerprint density at radius 2 is 1.55 bits per heavy atom. The molecule has 6 heteroatoms. The van der Waals surface area contributed by atoms with Crippen molar-refractivity contribution in [2.45, 2.75) is 55.9 Å². The zero-order chi connectivity index (χ0) is 23.0. The Labute approximate surface area is 198 Å². The number of ketones is 1. The monoisotopic (exact) mass is 463 g/mol. The molecule has 2 aromatic carbocycles. The lowest BCUT2D eigenvalue weighted by Gasteiger charge is -2.56. The Bertz CT molecular complexity index is 1040. The molecule has 4 aliphatic rings. The van der Waals surface area contributed by atoms with Gasteiger partial charge in [-0.15, -0.1) is 11.8 Å². The second kappa shape index (κ2) is 8.98. The van der Waals surface area contributed by atoms with Crippen molar-refractivity contribution in [2.75, 3.05) is 5.75 Å². The van der Waals surface area contributed by atoms with Crippen molar-refractivity contribution in [1.29, 1.82) is 0 Å². The molecule has 1 N–H and O–H groups in total. The van der Waals surface area contributed by atoms with E-state index in [9.17, 15) is 14.4 Å². The Kier molecular flexibility index (Phi) is 6.04. The van der Waals surface area contributed by atoms with Crippen LogP contribution in [0.5, 0.6) is 5.75 Å². The molecule has 33 heavy (non-hydrogen) atoms. The lowest BCUT2D eigenvalue weighted by atomic mass is 9.53. The van der Waals surface area contributed by atoms with E-state index in [1.807, 2.05) is 12.1 Å². The van der Waals surface area contributed by atoms with Crippen molar-refractivity contribution in [3.63, 3.8) is 0 Å². The number of nitrogens with one attached hydrogen (secondary N) is 1. The van der Waals surface area contributed by atoms with Gasteiger partial charge in [0.25, 0.3) is 0 Å². The fourth-order valence-corrected chi connectivity index (χ4v) is 7.26. The molecule has 1 amide bonds. The number of amides is 1. The van der Waals surface area contributed by atoms with Gasteiger partial charge in [0.2, 0.25) is 5.91 Å². The van der Waals surface area contributed by atoms with Crippen LogP contribution in [0.2, 0.25) is 0 Å². The topological polar surface area (TPSA) is 72.5 Å². The van der Waals surface area contributed by atoms with Gasteiger partial charge < -0.3 is 10.1 Å². The van der Waals surface area contributed by atoms with E-state index >= 15 is 0 Å². The van der Waals surface area contributed by atoms with Crippen LogP contribution in [0, 0.1) is 17.8 Å². The lowest BCUT2D eigenvalue weighted by molar-refractivity contribution is -0.124. The Balaban J connectivity index is 1.20. The highest BCUT2D eigenvalue weighted by atomic mass is 32.2. The van der Waals surface area contributed by atoms with E-state index < -0.39 is 5.97 Å². The van der Waals surface area contributed by atoms with E-state index in [1.54, 1.807) is 36.4 Å². The maximum Gasteiger partial charge on any atom is 0.344 e. The van der Waals surface area contributed by atoms with Gasteiger partial charge in [-0.05, 0) is 99.6 Å². The number of Topliss-reactive ketones (excluding diaryl/α,β-unsaturated/α-hetero) is 1. The Hall–Kier alpha value is -2.60. The van der Waals surface area contributed by atoms with Gasteiger partial charge in [-0.2, -0.15) is 0 Å². The Morgan fingerprint density at radius 1 is 0.939 bits per heavy atom. The van der Waals surface area contributed by atoms with Crippen LogP contribution in [0.1, 0.15) is 66.2 Å². The van der Waals surface area contributed by atoms with Gasteiger partial charge in [0.15, 0.2) is 5.78 Å². The zero-order valence-corrected chi connectivity index (χ0v) is 19.7. The van der Waals surface area contributed by atoms with Gasteiger partial charge in [0.1, 0.15) is 5.75 Å². The highest BCUT2D eigenvalue weighted by Crippen LogP contribution is 2.55. The molecule has 6 rings (SSSR count). The number of rotatable bonds is 7. The molecule has 0 atom stereocenters. The van der Waals surface area contributed by atoms with E-state index in [4.69, 9.17) is 4.74 Å². The quantitative estimate of drug-likeness (QED) is 0.262. The van der Waals surface area contributed by atoms with Crippen LogP contribution in [0.25, 0.3) is 0 Å². The van der Waals surface area contributed by atoms with Crippen LogP contribution in [0.4, 0.5) is 0 Å². The normalized spacial score (nSPS) is 27.2. The number of carbonyl (C=O) groups excluding carboxylic acids is 3. The van der Waals surface area contributed by atoms with Gasteiger partial charge in [-0.1, -0.05) is 12.1 Å². The maximum atomic E-state index is 12.9. The molecule has 0 aromatic heterocycles. The first-order chi connectivity index (χ1) is 15.9. The first kappa shape index (κ1) is 22.2.